The number of carbonyl (C=O) groups is 1. The van der Waals surface area contributed by atoms with E-state index in [2.05, 4.69) is 36.4 Å². The number of nitrogens with one attached hydrogen (secondary N) is 1. The van der Waals surface area contributed by atoms with E-state index in [-0.39, 0.29) is 11.9 Å². The second-order valence-electron chi connectivity index (χ2n) is 6.84. The van der Waals surface area contributed by atoms with Crippen molar-refractivity contribution < 1.29 is 4.79 Å². The number of hydrogen-bond donors (Lipinski definition) is 1. The largest absolute Gasteiger partial charge is 0.306 e. The summed E-state index contributed by atoms with van der Waals surface area (Å²) in [4.78, 5) is 17.3. The van der Waals surface area contributed by atoms with Gasteiger partial charge in [-0.05, 0) is 45.0 Å². The molecule has 3 heterocycles. The first-order valence-corrected chi connectivity index (χ1v) is 9.69. The van der Waals surface area contributed by atoms with Gasteiger partial charge in [0.25, 0.3) is 5.91 Å². The van der Waals surface area contributed by atoms with Crippen LogP contribution >= 0.6 is 15.9 Å². The van der Waals surface area contributed by atoms with Gasteiger partial charge in [0.05, 0.1) is 23.1 Å². The molecule has 0 atom stereocenters. The first kappa shape index (κ1) is 18.4. The van der Waals surface area contributed by atoms with Crippen molar-refractivity contribution in [2.24, 2.45) is 0 Å². The molecule has 0 unspecified atom stereocenters. The Labute approximate surface area is 170 Å². The number of anilines is 1. The summed E-state index contributed by atoms with van der Waals surface area (Å²) in [7, 11) is 0. The molecular formula is C20H19BrN6O. The molecule has 142 valence electrons. The van der Waals surface area contributed by atoms with Gasteiger partial charge in [-0.3, -0.25) is 4.79 Å². The number of aromatic nitrogens is 5. The molecule has 1 aromatic carbocycles. The number of carbonyl (C=O) groups excluding carboxylic acids is 1. The molecule has 3 aromatic heterocycles. The Hall–Kier alpha value is -3.00. The summed E-state index contributed by atoms with van der Waals surface area (Å²) < 4.78 is 4.48. The van der Waals surface area contributed by atoms with Gasteiger partial charge in [-0.25, -0.2) is 14.3 Å². The maximum atomic E-state index is 12.8. The zero-order chi connectivity index (χ0) is 19.8. The van der Waals surface area contributed by atoms with Crippen LogP contribution in [0.4, 0.5) is 5.82 Å². The van der Waals surface area contributed by atoms with Crippen LogP contribution in [0.2, 0.25) is 0 Å². The molecule has 0 spiro atoms. The van der Waals surface area contributed by atoms with Gasteiger partial charge in [-0.15, -0.1) is 0 Å². The number of rotatable bonds is 4. The quantitative estimate of drug-likeness (QED) is 0.507. The van der Waals surface area contributed by atoms with Gasteiger partial charge < -0.3 is 5.32 Å². The average Bonchev–Trinajstić information content (AvgIpc) is 3.24. The van der Waals surface area contributed by atoms with Gasteiger partial charge in [0, 0.05) is 28.2 Å². The van der Waals surface area contributed by atoms with Gasteiger partial charge in [0.15, 0.2) is 5.65 Å². The Kier molecular flexibility index (Phi) is 4.72. The molecule has 0 bridgehead atoms. The highest BCUT2D eigenvalue weighted by Gasteiger charge is 2.15. The van der Waals surface area contributed by atoms with Crippen LogP contribution in [0.15, 0.2) is 53.3 Å². The number of halogens is 1. The van der Waals surface area contributed by atoms with Gasteiger partial charge >= 0.3 is 0 Å². The number of benzene rings is 1. The first-order valence-electron chi connectivity index (χ1n) is 8.89. The van der Waals surface area contributed by atoms with E-state index in [1.54, 1.807) is 23.1 Å². The number of pyridine rings is 1. The van der Waals surface area contributed by atoms with E-state index in [0.29, 0.717) is 11.4 Å². The number of fused-ring (bicyclic) bond motifs is 1. The van der Waals surface area contributed by atoms with Gasteiger partial charge in [0.1, 0.15) is 5.82 Å². The first-order chi connectivity index (χ1) is 13.4. The van der Waals surface area contributed by atoms with Crippen molar-refractivity contribution in [1.29, 1.82) is 0 Å². The third-order valence-electron chi connectivity index (χ3n) is 4.31. The normalized spacial score (nSPS) is 11.3. The molecule has 0 aliphatic heterocycles. The molecule has 1 N–H and O–H groups in total. The minimum Gasteiger partial charge on any atom is -0.306 e. The molecule has 0 radical (unpaired) electrons. The van der Waals surface area contributed by atoms with E-state index >= 15 is 0 Å². The molecule has 0 aliphatic carbocycles. The monoisotopic (exact) mass is 438 g/mol. The SMILES string of the molecule is Cc1cc(NC(=O)c2cnc3c(cnn3C(C)C)c2)n(-c2cccc(Br)c2)n1. The van der Waals surface area contributed by atoms with Crippen molar-refractivity contribution in [1.82, 2.24) is 24.5 Å². The van der Waals surface area contributed by atoms with Crippen LogP contribution in [0.1, 0.15) is 35.9 Å². The van der Waals surface area contributed by atoms with Crippen LogP contribution in [0, 0.1) is 6.92 Å². The molecule has 0 aliphatic rings. The Morgan fingerprint density at radius 3 is 2.75 bits per heavy atom. The molecule has 0 fully saturated rings. The maximum absolute atomic E-state index is 12.8. The fourth-order valence-electron chi connectivity index (χ4n) is 3.02. The minimum absolute atomic E-state index is 0.201. The van der Waals surface area contributed by atoms with E-state index in [4.69, 9.17) is 0 Å². The third kappa shape index (κ3) is 3.43. The van der Waals surface area contributed by atoms with Crippen LogP contribution in [-0.2, 0) is 0 Å². The number of aryl methyl sites for hydroxylation is 1. The zero-order valence-electron chi connectivity index (χ0n) is 15.7. The maximum Gasteiger partial charge on any atom is 0.258 e. The van der Waals surface area contributed by atoms with E-state index in [1.165, 1.54) is 0 Å². The van der Waals surface area contributed by atoms with E-state index in [1.807, 2.05) is 55.8 Å². The predicted octanol–water partition coefficient (Wildman–Crippen LogP) is 4.52. The molecule has 28 heavy (non-hydrogen) atoms. The minimum atomic E-state index is -0.247. The van der Waals surface area contributed by atoms with E-state index in [9.17, 15) is 4.79 Å². The Morgan fingerprint density at radius 2 is 2.00 bits per heavy atom. The lowest BCUT2D eigenvalue weighted by Gasteiger charge is -2.10. The lowest BCUT2D eigenvalue weighted by Crippen LogP contribution is -2.15. The standard InChI is InChI=1S/C20H19BrN6O/c1-12(2)26-19-14(11-23-26)8-15(10-22-19)20(28)24-18-7-13(3)25-27(18)17-6-4-5-16(21)9-17/h4-12H,1-3H3,(H,24,28). The zero-order valence-corrected chi connectivity index (χ0v) is 17.3. The van der Waals surface area contributed by atoms with Crippen molar-refractivity contribution in [3.63, 3.8) is 0 Å². The Morgan fingerprint density at radius 1 is 1.18 bits per heavy atom. The molecule has 0 saturated carbocycles. The van der Waals surface area contributed by atoms with Gasteiger partial charge in [-0.2, -0.15) is 10.2 Å². The Balaban J connectivity index is 1.65. The second-order valence-corrected chi connectivity index (χ2v) is 7.75. The number of nitrogens with zero attached hydrogens (tertiary/aromatic N) is 5. The van der Waals surface area contributed by atoms with Crippen LogP contribution in [-0.4, -0.2) is 30.5 Å². The second kappa shape index (κ2) is 7.20. The van der Waals surface area contributed by atoms with Crippen LogP contribution < -0.4 is 5.32 Å². The summed E-state index contributed by atoms with van der Waals surface area (Å²) in [6.45, 7) is 5.97. The highest BCUT2D eigenvalue weighted by Crippen LogP contribution is 2.22. The van der Waals surface area contributed by atoms with Crippen molar-refractivity contribution in [2.45, 2.75) is 26.8 Å². The average molecular weight is 439 g/mol. The molecule has 4 rings (SSSR count). The van der Waals surface area contributed by atoms with Crippen LogP contribution in [0.3, 0.4) is 0 Å². The molecule has 4 aromatic rings. The highest BCUT2D eigenvalue weighted by molar-refractivity contribution is 9.10. The van der Waals surface area contributed by atoms with Gasteiger partial charge in [-0.1, -0.05) is 22.0 Å². The lowest BCUT2D eigenvalue weighted by atomic mass is 10.2. The fourth-order valence-corrected chi connectivity index (χ4v) is 3.41. The molecule has 8 heteroatoms. The van der Waals surface area contributed by atoms with Crippen molar-refractivity contribution in [2.75, 3.05) is 5.32 Å². The lowest BCUT2D eigenvalue weighted by molar-refractivity contribution is 0.102. The molecule has 7 nitrogen and oxygen atoms in total. The van der Waals surface area contributed by atoms with Crippen molar-refractivity contribution in [3.8, 4) is 5.69 Å². The van der Waals surface area contributed by atoms with Crippen molar-refractivity contribution >= 4 is 38.7 Å². The third-order valence-corrected chi connectivity index (χ3v) is 4.80. The summed E-state index contributed by atoms with van der Waals surface area (Å²) in [5.74, 6) is 0.349. The van der Waals surface area contributed by atoms with Crippen molar-refractivity contribution in [3.05, 3.63) is 64.5 Å². The predicted molar refractivity (Wildman–Crippen MR) is 112 cm³/mol. The summed E-state index contributed by atoms with van der Waals surface area (Å²) in [6, 6.07) is 11.6. The number of amides is 1. The summed E-state index contributed by atoms with van der Waals surface area (Å²) in [5.41, 5.74) is 2.89. The van der Waals surface area contributed by atoms with E-state index < -0.39 is 0 Å². The fraction of sp³-hybridized carbons (Fsp3) is 0.200. The molecule has 1 amide bonds. The Bertz CT molecular complexity index is 1180. The number of hydrogen-bond acceptors (Lipinski definition) is 4. The summed E-state index contributed by atoms with van der Waals surface area (Å²) >= 11 is 3.47. The van der Waals surface area contributed by atoms with Crippen LogP contribution in [0.25, 0.3) is 16.7 Å². The molecule has 0 saturated heterocycles. The van der Waals surface area contributed by atoms with Gasteiger partial charge in [0.2, 0.25) is 0 Å². The smallest absolute Gasteiger partial charge is 0.258 e. The summed E-state index contributed by atoms with van der Waals surface area (Å²) in [5, 5.41) is 12.6. The summed E-state index contributed by atoms with van der Waals surface area (Å²) in [6.07, 6.45) is 3.31. The highest BCUT2D eigenvalue weighted by atomic mass is 79.9. The van der Waals surface area contributed by atoms with E-state index in [0.717, 1.165) is 26.9 Å². The topological polar surface area (TPSA) is 77.6 Å². The van der Waals surface area contributed by atoms with Crippen LogP contribution in [0.5, 0.6) is 0 Å². The molecular weight excluding hydrogens is 420 g/mol.